The normalized spacial score (nSPS) is 11.3. The first-order valence-electron chi connectivity index (χ1n) is 6.06. The van der Waals surface area contributed by atoms with Gasteiger partial charge in [-0.25, -0.2) is 0 Å². The Kier molecular flexibility index (Phi) is 4.73. The highest BCUT2D eigenvalue weighted by Gasteiger charge is 2.21. The number of hydrogen-bond acceptors (Lipinski definition) is 3. The van der Waals surface area contributed by atoms with Gasteiger partial charge in [-0.3, -0.25) is 4.79 Å². The second kappa shape index (κ2) is 5.87. The number of amides is 1. The van der Waals surface area contributed by atoms with Crippen molar-refractivity contribution in [3.63, 3.8) is 0 Å². The number of phenolic OH excluding ortho intramolecular Hbond substituents is 1. The van der Waals surface area contributed by atoms with Crippen LogP contribution in [0.3, 0.4) is 0 Å². The maximum atomic E-state index is 12.0. The summed E-state index contributed by atoms with van der Waals surface area (Å²) in [6, 6.07) is 6.90. The first kappa shape index (κ1) is 14.5. The van der Waals surface area contributed by atoms with Crippen LogP contribution in [0, 0.1) is 5.41 Å². The SMILES string of the molecule is CN(CC(C)(C)CN)C(=O)Cc1ccccc1O. The van der Waals surface area contributed by atoms with Crippen LogP contribution >= 0.6 is 0 Å². The number of aromatic hydroxyl groups is 1. The van der Waals surface area contributed by atoms with E-state index in [0.717, 1.165) is 0 Å². The zero-order valence-electron chi connectivity index (χ0n) is 11.3. The summed E-state index contributed by atoms with van der Waals surface area (Å²) in [4.78, 5) is 13.7. The Morgan fingerprint density at radius 1 is 1.39 bits per heavy atom. The predicted octanol–water partition coefficient (Wildman–Crippen LogP) is 1.38. The molecule has 0 aromatic heterocycles. The van der Waals surface area contributed by atoms with Crippen molar-refractivity contribution in [2.24, 2.45) is 11.1 Å². The number of rotatable bonds is 5. The highest BCUT2D eigenvalue weighted by Crippen LogP contribution is 2.18. The topological polar surface area (TPSA) is 66.6 Å². The van der Waals surface area contributed by atoms with Gasteiger partial charge >= 0.3 is 0 Å². The van der Waals surface area contributed by atoms with E-state index in [-0.39, 0.29) is 23.5 Å². The van der Waals surface area contributed by atoms with Crippen molar-refractivity contribution in [1.29, 1.82) is 0 Å². The standard InChI is InChI=1S/C14H22N2O2/c1-14(2,9-15)10-16(3)13(18)8-11-6-4-5-7-12(11)17/h4-7,17H,8-10,15H2,1-3H3. The van der Waals surface area contributed by atoms with Gasteiger partial charge in [0.15, 0.2) is 0 Å². The largest absolute Gasteiger partial charge is 0.508 e. The Morgan fingerprint density at radius 2 is 2.00 bits per heavy atom. The average molecular weight is 250 g/mol. The minimum atomic E-state index is -0.0941. The van der Waals surface area contributed by atoms with Gasteiger partial charge in [-0.1, -0.05) is 32.0 Å². The lowest BCUT2D eigenvalue weighted by Crippen LogP contribution is -2.40. The van der Waals surface area contributed by atoms with Crippen LogP contribution < -0.4 is 5.73 Å². The number of benzene rings is 1. The number of carbonyl (C=O) groups is 1. The zero-order valence-corrected chi connectivity index (χ0v) is 11.3. The van der Waals surface area contributed by atoms with Crippen LogP contribution in [0.1, 0.15) is 19.4 Å². The lowest BCUT2D eigenvalue weighted by atomic mass is 9.93. The maximum Gasteiger partial charge on any atom is 0.226 e. The molecule has 1 rings (SSSR count). The molecule has 0 aliphatic heterocycles. The number of nitrogens with two attached hydrogens (primary N) is 1. The van der Waals surface area contributed by atoms with Gasteiger partial charge in [0.05, 0.1) is 6.42 Å². The molecular weight excluding hydrogens is 228 g/mol. The van der Waals surface area contributed by atoms with Crippen molar-refractivity contribution in [2.75, 3.05) is 20.1 Å². The number of nitrogens with zero attached hydrogens (tertiary/aromatic N) is 1. The molecule has 4 heteroatoms. The highest BCUT2D eigenvalue weighted by molar-refractivity contribution is 5.79. The molecular formula is C14H22N2O2. The summed E-state index contributed by atoms with van der Waals surface area (Å²) in [5.74, 6) is 0.148. The average Bonchev–Trinajstić information content (AvgIpc) is 2.31. The summed E-state index contributed by atoms with van der Waals surface area (Å²) in [5.41, 5.74) is 6.21. The lowest BCUT2D eigenvalue weighted by molar-refractivity contribution is -0.130. The molecule has 1 aromatic carbocycles. The number of carbonyl (C=O) groups excluding carboxylic acids is 1. The second-order valence-corrected chi connectivity index (χ2v) is 5.42. The summed E-state index contributed by atoms with van der Waals surface area (Å²) < 4.78 is 0. The number of likely N-dealkylation sites (N-methyl/N-ethyl adjacent to an activating group) is 1. The molecule has 1 aromatic rings. The summed E-state index contributed by atoms with van der Waals surface area (Å²) in [7, 11) is 1.76. The molecule has 0 atom stereocenters. The van der Waals surface area contributed by atoms with Gasteiger partial charge in [-0.15, -0.1) is 0 Å². The fourth-order valence-electron chi connectivity index (χ4n) is 1.75. The Morgan fingerprint density at radius 3 is 2.56 bits per heavy atom. The second-order valence-electron chi connectivity index (χ2n) is 5.42. The molecule has 1 amide bonds. The quantitative estimate of drug-likeness (QED) is 0.829. The van der Waals surface area contributed by atoms with Crippen molar-refractivity contribution >= 4 is 5.91 Å². The van der Waals surface area contributed by atoms with Gasteiger partial charge in [-0.2, -0.15) is 0 Å². The summed E-state index contributed by atoms with van der Waals surface area (Å²) in [5, 5.41) is 9.63. The molecule has 0 aliphatic rings. The van der Waals surface area contributed by atoms with E-state index in [0.29, 0.717) is 18.7 Å². The van der Waals surface area contributed by atoms with Crippen LogP contribution in [0.15, 0.2) is 24.3 Å². The van der Waals surface area contributed by atoms with E-state index in [1.807, 2.05) is 19.9 Å². The van der Waals surface area contributed by atoms with Crippen molar-refractivity contribution in [2.45, 2.75) is 20.3 Å². The number of phenols is 1. The number of hydrogen-bond donors (Lipinski definition) is 2. The minimum absolute atomic E-state index is 0.0157. The van der Waals surface area contributed by atoms with Gasteiger partial charge in [0.2, 0.25) is 5.91 Å². The van der Waals surface area contributed by atoms with E-state index >= 15 is 0 Å². The zero-order chi connectivity index (χ0) is 13.8. The molecule has 0 bridgehead atoms. The Labute approximate surface area is 108 Å². The lowest BCUT2D eigenvalue weighted by Gasteiger charge is -2.29. The molecule has 3 N–H and O–H groups in total. The highest BCUT2D eigenvalue weighted by atomic mass is 16.3. The monoisotopic (exact) mass is 250 g/mol. The first-order chi connectivity index (χ1) is 8.35. The van der Waals surface area contributed by atoms with Crippen LogP contribution in [0.2, 0.25) is 0 Å². The fraction of sp³-hybridized carbons (Fsp3) is 0.500. The molecule has 0 spiro atoms. The molecule has 100 valence electrons. The van der Waals surface area contributed by atoms with Gasteiger partial charge in [0.25, 0.3) is 0 Å². The molecule has 4 nitrogen and oxygen atoms in total. The van der Waals surface area contributed by atoms with Crippen molar-refractivity contribution < 1.29 is 9.90 Å². The molecule has 0 fully saturated rings. The number of para-hydroxylation sites is 1. The van der Waals surface area contributed by atoms with Crippen LogP contribution in [-0.2, 0) is 11.2 Å². The van der Waals surface area contributed by atoms with Crippen LogP contribution in [-0.4, -0.2) is 36.1 Å². The van der Waals surface area contributed by atoms with E-state index < -0.39 is 0 Å². The molecule has 0 saturated heterocycles. The molecule has 0 radical (unpaired) electrons. The summed E-state index contributed by atoms with van der Waals surface area (Å²) in [6.07, 6.45) is 0.212. The smallest absolute Gasteiger partial charge is 0.226 e. The van der Waals surface area contributed by atoms with E-state index in [9.17, 15) is 9.90 Å². The fourth-order valence-corrected chi connectivity index (χ4v) is 1.75. The van der Waals surface area contributed by atoms with E-state index in [1.165, 1.54) is 0 Å². The van der Waals surface area contributed by atoms with Gasteiger partial charge in [0, 0.05) is 19.2 Å². The Bertz CT molecular complexity index is 416. The van der Waals surface area contributed by atoms with Gasteiger partial charge < -0.3 is 15.7 Å². The third kappa shape index (κ3) is 4.04. The predicted molar refractivity (Wildman–Crippen MR) is 72.3 cm³/mol. The Hall–Kier alpha value is -1.55. The third-order valence-electron chi connectivity index (χ3n) is 2.98. The summed E-state index contributed by atoms with van der Waals surface area (Å²) in [6.45, 7) is 5.19. The van der Waals surface area contributed by atoms with Crippen LogP contribution in [0.25, 0.3) is 0 Å². The molecule has 0 heterocycles. The maximum absolute atomic E-state index is 12.0. The van der Waals surface area contributed by atoms with Crippen molar-refractivity contribution in [3.8, 4) is 5.75 Å². The molecule has 0 aliphatic carbocycles. The van der Waals surface area contributed by atoms with Gasteiger partial charge in [-0.05, 0) is 18.0 Å². The third-order valence-corrected chi connectivity index (χ3v) is 2.98. The summed E-state index contributed by atoms with van der Waals surface area (Å²) >= 11 is 0. The first-order valence-corrected chi connectivity index (χ1v) is 6.06. The van der Waals surface area contributed by atoms with E-state index in [1.54, 1.807) is 30.1 Å². The van der Waals surface area contributed by atoms with E-state index in [2.05, 4.69) is 0 Å². The van der Waals surface area contributed by atoms with Crippen molar-refractivity contribution in [3.05, 3.63) is 29.8 Å². The van der Waals surface area contributed by atoms with Gasteiger partial charge in [0.1, 0.15) is 5.75 Å². The molecule has 0 saturated carbocycles. The molecule has 0 unspecified atom stereocenters. The van der Waals surface area contributed by atoms with Crippen LogP contribution in [0.5, 0.6) is 5.75 Å². The van der Waals surface area contributed by atoms with Crippen LogP contribution in [0.4, 0.5) is 0 Å². The minimum Gasteiger partial charge on any atom is -0.508 e. The van der Waals surface area contributed by atoms with E-state index in [4.69, 9.17) is 5.73 Å². The van der Waals surface area contributed by atoms with Crippen molar-refractivity contribution in [1.82, 2.24) is 4.90 Å². The molecule has 18 heavy (non-hydrogen) atoms. The Balaban J connectivity index is 2.64.